The highest BCUT2D eigenvalue weighted by Gasteiger charge is 2.48. The van der Waals surface area contributed by atoms with Crippen molar-refractivity contribution in [3.8, 4) is 0 Å². The molecule has 8 heteroatoms. The fourth-order valence-electron chi connectivity index (χ4n) is 1.70. The molecular weight excluding hydrogens is 231 g/mol. The molecule has 92 valence electrons. The van der Waals surface area contributed by atoms with Crippen molar-refractivity contribution in [1.29, 1.82) is 0 Å². The van der Waals surface area contributed by atoms with Crippen molar-refractivity contribution in [2.24, 2.45) is 0 Å². The van der Waals surface area contributed by atoms with Crippen molar-refractivity contribution in [2.75, 3.05) is 6.54 Å². The molecule has 1 saturated heterocycles. The van der Waals surface area contributed by atoms with Gasteiger partial charge in [0.25, 0.3) is 0 Å². The molecule has 0 saturated carbocycles. The molecule has 1 fully saturated rings. The Labute approximate surface area is 88.5 Å². The summed E-state index contributed by atoms with van der Waals surface area (Å²) in [7, 11) is 0. The van der Waals surface area contributed by atoms with E-state index in [1.165, 1.54) is 0 Å². The zero-order valence-corrected chi connectivity index (χ0v) is 8.07. The fourth-order valence-corrected chi connectivity index (χ4v) is 1.70. The van der Waals surface area contributed by atoms with Crippen molar-refractivity contribution in [1.82, 2.24) is 4.90 Å². The Hall–Kier alpha value is -1.31. The van der Waals surface area contributed by atoms with Crippen LogP contribution in [-0.4, -0.2) is 51.9 Å². The van der Waals surface area contributed by atoms with Gasteiger partial charge in [0, 0.05) is 6.54 Å². The fraction of sp³-hybridized carbons (Fsp3) is 0.750. The van der Waals surface area contributed by atoms with Gasteiger partial charge in [0.2, 0.25) is 0 Å². The lowest BCUT2D eigenvalue weighted by atomic mass is 10.1. The first-order valence-corrected chi connectivity index (χ1v) is 4.54. The van der Waals surface area contributed by atoms with Crippen LogP contribution in [0.3, 0.4) is 0 Å². The average molecular weight is 241 g/mol. The second kappa shape index (κ2) is 4.28. The predicted molar refractivity (Wildman–Crippen MR) is 44.4 cm³/mol. The lowest BCUT2D eigenvalue weighted by molar-refractivity contribution is -0.188. The van der Waals surface area contributed by atoms with E-state index in [4.69, 9.17) is 10.2 Å². The van der Waals surface area contributed by atoms with Crippen LogP contribution in [0.2, 0.25) is 0 Å². The average Bonchev–Trinajstić information content (AvgIpc) is 2.61. The number of carboxylic acid groups (broad SMARTS) is 1. The van der Waals surface area contributed by atoms with Crippen LogP contribution in [-0.2, 0) is 9.59 Å². The maximum atomic E-state index is 12.1. The summed E-state index contributed by atoms with van der Waals surface area (Å²) in [5.41, 5.74) is 0. The number of hydrogen-bond acceptors (Lipinski definition) is 3. The summed E-state index contributed by atoms with van der Waals surface area (Å²) in [4.78, 5) is 21.7. The van der Waals surface area contributed by atoms with Crippen molar-refractivity contribution in [3.63, 3.8) is 0 Å². The number of likely N-dealkylation sites (tertiary alicyclic amines) is 1. The molecule has 1 heterocycles. The van der Waals surface area contributed by atoms with Gasteiger partial charge in [-0.3, -0.25) is 4.79 Å². The number of nitrogens with zero attached hydrogens (tertiary/aromatic N) is 1. The van der Waals surface area contributed by atoms with E-state index in [1.54, 1.807) is 0 Å². The summed E-state index contributed by atoms with van der Waals surface area (Å²) >= 11 is 0. The maximum Gasteiger partial charge on any atom is 0.471 e. The summed E-state index contributed by atoms with van der Waals surface area (Å²) < 4.78 is 36.4. The highest BCUT2D eigenvalue weighted by atomic mass is 19.4. The molecule has 1 aliphatic heterocycles. The van der Waals surface area contributed by atoms with Crippen LogP contribution < -0.4 is 0 Å². The van der Waals surface area contributed by atoms with Gasteiger partial charge in [-0.2, -0.15) is 13.2 Å². The van der Waals surface area contributed by atoms with Crippen LogP contribution in [0, 0.1) is 0 Å². The lowest BCUT2D eigenvalue weighted by Crippen LogP contribution is -2.50. The molecule has 0 aromatic carbocycles. The van der Waals surface area contributed by atoms with Gasteiger partial charge >= 0.3 is 18.1 Å². The molecule has 0 bridgehead atoms. The number of halogens is 3. The number of alkyl halides is 3. The first kappa shape index (κ1) is 12.8. The summed E-state index contributed by atoms with van der Waals surface area (Å²) in [6.45, 7) is -0.187. The van der Waals surface area contributed by atoms with Gasteiger partial charge in [-0.1, -0.05) is 0 Å². The van der Waals surface area contributed by atoms with Gasteiger partial charge in [0.05, 0.1) is 6.04 Å². The zero-order valence-electron chi connectivity index (χ0n) is 8.07. The quantitative estimate of drug-likeness (QED) is 0.712. The highest BCUT2D eigenvalue weighted by Crippen LogP contribution is 2.27. The van der Waals surface area contributed by atoms with Crippen molar-refractivity contribution in [3.05, 3.63) is 0 Å². The first-order valence-electron chi connectivity index (χ1n) is 4.54. The van der Waals surface area contributed by atoms with E-state index in [0.29, 0.717) is 4.90 Å². The van der Waals surface area contributed by atoms with Crippen LogP contribution in [0.15, 0.2) is 0 Å². The molecule has 16 heavy (non-hydrogen) atoms. The minimum atomic E-state index is -5.04. The molecule has 0 aromatic rings. The summed E-state index contributed by atoms with van der Waals surface area (Å²) in [6, 6.07) is -1.30. The molecule has 1 aliphatic rings. The third kappa shape index (κ3) is 2.43. The standard InChI is InChI=1S/C8H10F3NO4/c9-8(10,11)7(16)12-3-1-2-4(12)5(13)6(14)15/h4-5,13H,1-3H2,(H,14,15)/t4-,5?/m0/s1. The Morgan fingerprint density at radius 3 is 2.38 bits per heavy atom. The number of aliphatic carboxylic acids is 1. The molecule has 0 radical (unpaired) electrons. The Bertz CT molecular complexity index is 304. The molecule has 0 aliphatic carbocycles. The van der Waals surface area contributed by atoms with Gasteiger partial charge in [-0.25, -0.2) is 4.79 Å². The van der Waals surface area contributed by atoms with E-state index in [-0.39, 0.29) is 19.4 Å². The summed E-state index contributed by atoms with van der Waals surface area (Å²) in [5, 5.41) is 17.6. The third-order valence-corrected chi connectivity index (χ3v) is 2.42. The molecule has 1 unspecified atom stereocenters. The topological polar surface area (TPSA) is 77.8 Å². The van der Waals surface area contributed by atoms with E-state index in [2.05, 4.69) is 0 Å². The monoisotopic (exact) mass is 241 g/mol. The van der Waals surface area contributed by atoms with Crippen molar-refractivity contribution < 1.29 is 33.0 Å². The van der Waals surface area contributed by atoms with E-state index in [1.807, 2.05) is 0 Å². The van der Waals surface area contributed by atoms with Crippen LogP contribution in [0.4, 0.5) is 13.2 Å². The van der Waals surface area contributed by atoms with Gasteiger partial charge in [-0.05, 0) is 12.8 Å². The minimum absolute atomic E-state index is 0.0509. The van der Waals surface area contributed by atoms with E-state index in [9.17, 15) is 22.8 Å². The summed E-state index contributed by atoms with van der Waals surface area (Å²) in [5.74, 6) is -3.73. The Balaban J connectivity index is 2.81. The second-order valence-electron chi connectivity index (χ2n) is 3.49. The molecule has 2 N–H and O–H groups in total. The SMILES string of the molecule is O=C(O)C(O)[C@@H]1CCCN1C(=O)C(F)(F)F. The molecule has 1 rings (SSSR count). The van der Waals surface area contributed by atoms with Crippen LogP contribution in [0.1, 0.15) is 12.8 Å². The van der Waals surface area contributed by atoms with Crippen LogP contribution in [0.5, 0.6) is 0 Å². The van der Waals surface area contributed by atoms with Crippen molar-refractivity contribution in [2.45, 2.75) is 31.2 Å². The van der Waals surface area contributed by atoms with Gasteiger partial charge in [0.15, 0.2) is 6.10 Å². The number of hydrogen-bond donors (Lipinski definition) is 2. The molecule has 0 aromatic heterocycles. The number of carbonyl (C=O) groups is 2. The van der Waals surface area contributed by atoms with Gasteiger partial charge in [0.1, 0.15) is 0 Å². The van der Waals surface area contributed by atoms with Gasteiger partial charge < -0.3 is 15.1 Å². The first-order chi connectivity index (χ1) is 7.25. The second-order valence-corrected chi connectivity index (χ2v) is 3.49. The van der Waals surface area contributed by atoms with E-state index < -0.39 is 30.2 Å². The molecule has 0 spiro atoms. The third-order valence-electron chi connectivity index (χ3n) is 2.42. The molecule has 5 nitrogen and oxygen atoms in total. The Kier molecular flexibility index (Phi) is 3.41. The maximum absolute atomic E-state index is 12.1. The van der Waals surface area contributed by atoms with Crippen LogP contribution in [0.25, 0.3) is 0 Å². The molecule has 2 atom stereocenters. The number of rotatable bonds is 2. The van der Waals surface area contributed by atoms with Gasteiger partial charge in [-0.15, -0.1) is 0 Å². The smallest absolute Gasteiger partial charge is 0.471 e. The normalized spacial score (nSPS) is 23.2. The zero-order chi connectivity index (χ0) is 12.5. The number of aliphatic hydroxyl groups excluding tert-OH is 1. The van der Waals surface area contributed by atoms with Crippen LogP contribution >= 0.6 is 0 Å². The molecule has 1 amide bonds. The predicted octanol–water partition coefficient (Wildman–Crippen LogP) is -0.0148. The lowest BCUT2D eigenvalue weighted by Gasteiger charge is -2.27. The highest BCUT2D eigenvalue weighted by molar-refractivity contribution is 5.83. The Morgan fingerprint density at radius 1 is 1.38 bits per heavy atom. The molecular formula is C8H10F3NO4. The van der Waals surface area contributed by atoms with E-state index in [0.717, 1.165) is 0 Å². The largest absolute Gasteiger partial charge is 0.479 e. The summed E-state index contributed by atoms with van der Waals surface area (Å²) in [6.07, 6.45) is -6.72. The minimum Gasteiger partial charge on any atom is -0.479 e. The van der Waals surface area contributed by atoms with Crippen molar-refractivity contribution >= 4 is 11.9 Å². The van der Waals surface area contributed by atoms with E-state index >= 15 is 0 Å². The number of carbonyl (C=O) groups excluding carboxylic acids is 1. The number of carboxylic acids is 1. The number of amides is 1. The Morgan fingerprint density at radius 2 is 1.94 bits per heavy atom. The number of aliphatic hydroxyl groups is 1.